The second-order valence-electron chi connectivity index (χ2n) is 6.17. The van der Waals surface area contributed by atoms with E-state index in [1.807, 2.05) is 0 Å². The van der Waals surface area contributed by atoms with Crippen molar-refractivity contribution in [2.45, 2.75) is 12.8 Å². The number of halogens is 1. The van der Waals surface area contributed by atoms with E-state index in [-0.39, 0.29) is 34.7 Å². The second kappa shape index (κ2) is 8.19. The van der Waals surface area contributed by atoms with E-state index in [2.05, 4.69) is 0 Å². The Morgan fingerprint density at radius 3 is 2.34 bits per heavy atom. The predicted molar refractivity (Wildman–Crippen MR) is 101 cm³/mol. The molecule has 0 unspecified atom stereocenters. The van der Waals surface area contributed by atoms with Crippen molar-refractivity contribution in [1.29, 1.82) is 0 Å². The van der Waals surface area contributed by atoms with Gasteiger partial charge in [0.25, 0.3) is 11.6 Å². The summed E-state index contributed by atoms with van der Waals surface area (Å²) in [5.74, 6) is -2.73. The third kappa shape index (κ3) is 4.14. The van der Waals surface area contributed by atoms with Crippen LogP contribution < -0.4 is 0 Å². The average Bonchev–Trinajstić information content (AvgIpc) is 3.04. The number of Topliss-reactive ketones (excluding diaryl/α,β-unsaturated/α-hetero) is 1. The molecule has 1 aliphatic rings. The van der Waals surface area contributed by atoms with Crippen molar-refractivity contribution < 1.29 is 24.1 Å². The molecule has 0 spiro atoms. The Morgan fingerprint density at radius 1 is 1.07 bits per heavy atom. The molecule has 0 aliphatic carbocycles. The van der Waals surface area contributed by atoms with E-state index in [1.54, 1.807) is 12.1 Å². The van der Waals surface area contributed by atoms with Crippen LogP contribution in [0.15, 0.2) is 48.5 Å². The molecule has 1 fully saturated rings. The molecule has 0 radical (unpaired) electrons. The molecule has 29 heavy (non-hydrogen) atoms. The largest absolute Gasteiger partial charge is 0.292 e. The summed E-state index contributed by atoms with van der Waals surface area (Å²) in [6, 6.07) is 11.0. The van der Waals surface area contributed by atoms with Crippen LogP contribution in [0.25, 0.3) is 0 Å². The van der Waals surface area contributed by atoms with Gasteiger partial charge in [-0.05, 0) is 12.1 Å². The van der Waals surface area contributed by atoms with Crippen LogP contribution >= 0.6 is 11.6 Å². The normalized spacial score (nSPS) is 13.5. The highest BCUT2D eigenvalue weighted by Gasteiger charge is 2.38. The van der Waals surface area contributed by atoms with E-state index in [1.165, 1.54) is 30.3 Å². The number of nitro groups is 1. The number of carbonyl (C=O) groups excluding carboxylic acids is 4. The molecule has 0 atom stereocenters. The zero-order valence-corrected chi connectivity index (χ0v) is 15.7. The Labute approximate surface area is 169 Å². The summed E-state index contributed by atoms with van der Waals surface area (Å²) in [6.07, 6.45) is -0.174. The second-order valence-corrected chi connectivity index (χ2v) is 6.58. The summed E-state index contributed by atoms with van der Waals surface area (Å²) in [4.78, 5) is 60.4. The Morgan fingerprint density at radius 2 is 1.72 bits per heavy atom. The molecule has 9 nitrogen and oxygen atoms in total. The van der Waals surface area contributed by atoms with Crippen LogP contribution in [0.1, 0.15) is 33.6 Å². The van der Waals surface area contributed by atoms with E-state index in [0.29, 0.717) is 5.01 Å². The molecule has 10 heteroatoms. The molecule has 3 amide bonds. The van der Waals surface area contributed by atoms with Crippen molar-refractivity contribution in [2.75, 3.05) is 6.54 Å². The first-order valence-corrected chi connectivity index (χ1v) is 8.87. The van der Waals surface area contributed by atoms with Crippen molar-refractivity contribution in [1.82, 2.24) is 10.0 Å². The van der Waals surface area contributed by atoms with Gasteiger partial charge in [-0.2, -0.15) is 5.01 Å². The summed E-state index contributed by atoms with van der Waals surface area (Å²) in [5, 5.41) is 12.4. The molecule has 0 bridgehead atoms. The first kappa shape index (κ1) is 20.2. The van der Waals surface area contributed by atoms with Crippen LogP contribution in [0.4, 0.5) is 5.69 Å². The zero-order chi connectivity index (χ0) is 21.1. The van der Waals surface area contributed by atoms with Gasteiger partial charge in [-0.25, -0.2) is 5.01 Å². The number of ketones is 1. The van der Waals surface area contributed by atoms with Gasteiger partial charge in [-0.3, -0.25) is 29.3 Å². The number of hydrogen-bond acceptors (Lipinski definition) is 6. The smallest absolute Gasteiger partial charge is 0.274 e. The lowest BCUT2D eigenvalue weighted by Gasteiger charge is -2.29. The lowest BCUT2D eigenvalue weighted by atomic mass is 10.1. The number of nitro benzene ring substituents is 1. The first-order chi connectivity index (χ1) is 13.8. The van der Waals surface area contributed by atoms with Crippen LogP contribution in [0.2, 0.25) is 5.02 Å². The minimum absolute atomic E-state index is 0.00788. The third-order valence-electron chi connectivity index (χ3n) is 4.28. The minimum Gasteiger partial charge on any atom is -0.292 e. The van der Waals surface area contributed by atoms with Crippen molar-refractivity contribution in [2.24, 2.45) is 0 Å². The van der Waals surface area contributed by atoms with E-state index in [9.17, 15) is 29.3 Å². The lowest BCUT2D eigenvalue weighted by Crippen LogP contribution is -2.51. The van der Waals surface area contributed by atoms with Crippen LogP contribution in [0.3, 0.4) is 0 Å². The third-order valence-corrected chi connectivity index (χ3v) is 4.61. The molecule has 1 aliphatic heterocycles. The molecule has 1 heterocycles. The summed E-state index contributed by atoms with van der Waals surface area (Å²) in [6.45, 7) is -0.664. The monoisotopic (exact) mass is 415 g/mol. The summed E-state index contributed by atoms with van der Waals surface area (Å²) in [5.41, 5.74) is -0.322. The van der Waals surface area contributed by atoms with Crippen LogP contribution in [0.5, 0.6) is 0 Å². The minimum atomic E-state index is -0.807. The maximum absolute atomic E-state index is 13.0. The Kier molecular flexibility index (Phi) is 5.69. The number of carbonyl (C=O) groups is 4. The van der Waals surface area contributed by atoms with Gasteiger partial charge in [0.1, 0.15) is 6.54 Å². The highest BCUT2D eigenvalue weighted by molar-refractivity contribution is 6.34. The van der Waals surface area contributed by atoms with Crippen LogP contribution in [0, 0.1) is 10.1 Å². The maximum Gasteiger partial charge on any atom is 0.274 e. The topological polar surface area (TPSA) is 118 Å². The van der Waals surface area contributed by atoms with Gasteiger partial charge in [0.15, 0.2) is 5.78 Å². The summed E-state index contributed by atoms with van der Waals surface area (Å²) >= 11 is 6.06. The Bertz CT molecular complexity index is 1020. The lowest BCUT2D eigenvalue weighted by molar-refractivity contribution is -0.384. The van der Waals surface area contributed by atoms with Gasteiger partial charge in [-0.15, -0.1) is 0 Å². The predicted octanol–water partition coefficient (Wildman–Crippen LogP) is 2.64. The van der Waals surface area contributed by atoms with Gasteiger partial charge in [0.05, 0.1) is 15.5 Å². The van der Waals surface area contributed by atoms with Gasteiger partial charge in [-0.1, -0.05) is 35.9 Å². The Balaban J connectivity index is 1.96. The van der Waals surface area contributed by atoms with Crippen molar-refractivity contribution in [3.63, 3.8) is 0 Å². The maximum atomic E-state index is 13.0. The van der Waals surface area contributed by atoms with Crippen molar-refractivity contribution in [3.8, 4) is 0 Å². The fourth-order valence-corrected chi connectivity index (χ4v) is 3.08. The van der Waals surface area contributed by atoms with Crippen LogP contribution in [-0.2, 0) is 9.59 Å². The number of hydrogen-bond donors (Lipinski definition) is 0. The van der Waals surface area contributed by atoms with Gasteiger partial charge >= 0.3 is 0 Å². The van der Waals surface area contributed by atoms with E-state index >= 15 is 0 Å². The fraction of sp³-hybridized carbons (Fsp3) is 0.158. The molecule has 2 aromatic rings. The zero-order valence-electron chi connectivity index (χ0n) is 14.9. The number of non-ortho nitro benzene ring substituents is 1. The van der Waals surface area contributed by atoms with Gasteiger partial charge in [0.2, 0.25) is 11.8 Å². The SMILES string of the molecule is O=C(CN(C(=O)c1ccccc1Cl)N1C(=O)CCC1=O)c1cccc([N+](=O)[O-])c1. The number of amides is 3. The van der Waals surface area contributed by atoms with Crippen LogP contribution in [-0.4, -0.2) is 45.0 Å². The van der Waals surface area contributed by atoms with Gasteiger partial charge < -0.3 is 0 Å². The average molecular weight is 416 g/mol. The van der Waals surface area contributed by atoms with Crippen molar-refractivity contribution >= 4 is 40.8 Å². The highest BCUT2D eigenvalue weighted by atomic mass is 35.5. The van der Waals surface area contributed by atoms with E-state index < -0.39 is 35.0 Å². The molecular formula is C19H14ClN3O6. The number of nitrogens with zero attached hydrogens (tertiary/aromatic N) is 3. The molecule has 0 saturated carbocycles. The molecule has 0 aromatic heterocycles. The number of rotatable bonds is 6. The molecule has 148 valence electrons. The van der Waals surface area contributed by atoms with Gasteiger partial charge in [0, 0.05) is 30.5 Å². The molecule has 3 rings (SSSR count). The quantitative estimate of drug-likeness (QED) is 0.310. The molecule has 0 N–H and O–H groups in total. The summed E-state index contributed by atoms with van der Waals surface area (Å²) in [7, 11) is 0. The number of imide groups is 1. The first-order valence-electron chi connectivity index (χ1n) is 8.49. The molecular weight excluding hydrogens is 402 g/mol. The van der Waals surface area contributed by atoms with E-state index in [4.69, 9.17) is 11.6 Å². The Hall–Kier alpha value is -3.59. The number of benzene rings is 2. The molecule has 1 saturated heterocycles. The fourth-order valence-electron chi connectivity index (χ4n) is 2.86. The van der Waals surface area contributed by atoms with Crippen molar-refractivity contribution in [3.05, 3.63) is 74.8 Å². The summed E-state index contributed by atoms with van der Waals surface area (Å²) < 4.78 is 0. The van der Waals surface area contributed by atoms with E-state index in [0.717, 1.165) is 11.1 Å². The highest BCUT2D eigenvalue weighted by Crippen LogP contribution is 2.23. The standard InChI is InChI=1S/C19H14ClN3O6/c20-15-7-2-1-6-14(15)19(27)21(22-17(25)8-9-18(22)26)11-16(24)12-4-3-5-13(10-12)23(28)29/h1-7,10H,8-9,11H2. The number of hydrazine groups is 1. The molecule has 2 aromatic carbocycles.